The van der Waals surface area contributed by atoms with Gasteiger partial charge in [-0.05, 0) is 52.6 Å². The maximum Gasteiger partial charge on any atom is 0.240 e. The molecule has 7 nitrogen and oxygen atoms in total. The van der Waals surface area contributed by atoms with Crippen LogP contribution in [0.3, 0.4) is 0 Å². The Balaban J connectivity index is 1.48. The van der Waals surface area contributed by atoms with Crippen LogP contribution in [0.25, 0.3) is 0 Å². The van der Waals surface area contributed by atoms with Gasteiger partial charge in [0.15, 0.2) is 5.82 Å². The highest BCUT2D eigenvalue weighted by Gasteiger charge is 2.27. The third kappa shape index (κ3) is 4.23. The van der Waals surface area contributed by atoms with Crippen molar-refractivity contribution in [2.75, 3.05) is 0 Å². The number of sulfonamides is 1. The predicted octanol–water partition coefficient (Wildman–Crippen LogP) is 2.03. The van der Waals surface area contributed by atoms with Gasteiger partial charge < -0.3 is 0 Å². The molecule has 4 rings (SSSR count). The van der Waals surface area contributed by atoms with E-state index in [1.54, 1.807) is 12.1 Å². The summed E-state index contributed by atoms with van der Waals surface area (Å²) in [6.45, 7) is 0.293. The molecule has 10 heteroatoms. The first-order valence-electron chi connectivity index (χ1n) is 8.71. The van der Waals surface area contributed by atoms with Crippen LogP contribution in [-0.2, 0) is 23.0 Å². The third-order valence-electron chi connectivity index (χ3n) is 4.43. The summed E-state index contributed by atoms with van der Waals surface area (Å²) in [6, 6.07) is 9.83. The van der Waals surface area contributed by atoms with Gasteiger partial charge in [-0.2, -0.15) is 0 Å². The van der Waals surface area contributed by atoms with Crippen LogP contribution in [0.15, 0.2) is 47.4 Å². The maximum absolute atomic E-state index is 13.9. The van der Waals surface area contributed by atoms with E-state index >= 15 is 0 Å². The number of nitrogens with zero attached hydrogens (tertiary/aromatic N) is 4. The average molecular weight is 405 g/mol. The van der Waals surface area contributed by atoms with Crippen molar-refractivity contribution in [3.63, 3.8) is 0 Å². The Morgan fingerprint density at radius 2 is 1.86 bits per heavy atom. The van der Waals surface area contributed by atoms with Crippen molar-refractivity contribution in [1.29, 1.82) is 0 Å². The predicted molar refractivity (Wildman–Crippen MR) is 95.9 cm³/mol. The van der Waals surface area contributed by atoms with Gasteiger partial charge in [0.05, 0.1) is 11.4 Å². The molecular formula is C18H17F2N5O2S. The molecule has 0 unspecified atom stereocenters. The molecule has 1 N–H and O–H groups in total. The van der Waals surface area contributed by atoms with Crippen LogP contribution in [0.1, 0.15) is 29.8 Å². The summed E-state index contributed by atoms with van der Waals surface area (Å²) >= 11 is 0. The van der Waals surface area contributed by atoms with E-state index in [1.165, 1.54) is 28.9 Å². The highest BCUT2D eigenvalue weighted by molar-refractivity contribution is 7.89. The largest absolute Gasteiger partial charge is 0.240 e. The lowest BCUT2D eigenvalue weighted by atomic mass is 10.1. The lowest BCUT2D eigenvalue weighted by Crippen LogP contribution is -2.25. The zero-order valence-electron chi connectivity index (χ0n) is 14.7. The lowest BCUT2D eigenvalue weighted by molar-refractivity contribution is 0.569. The first-order chi connectivity index (χ1) is 13.4. The minimum absolute atomic E-state index is 0.0420. The molecule has 1 aliphatic rings. The van der Waals surface area contributed by atoms with Crippen molar-refractivity contribution < 1.29 is 17.2 Å². The van der Waals surface area contributed by atoms with E-state index in [1.807, 2.05) is 0 Å². The minimum atomic E-state index is -3.50. The molecule has 28 heavy (non-hydrogen) atoms. The third-order valence-corrected chi connectivity index (χ3v) is 5.97. The second kappa shape index (κ2) is 7.36. The van der Waals surface area contributed by atoms with Gasteiger partial charge in [0.1, 0.15) is 11.6 Å². The number of nitrogens with one attached hydrogen (secondary N) is 1. The SMILES string of the molecule is O=S(=O)(NC1CC1)c1ccc(Cn2nnnc2Cc2ccc(F)cc2F)cc1. The molecule has 0 amide bonds. The van der Waals surface area contributed by atoms with Crippen LogP contribution in [0.2, 0.25) is 0 Å². The van der Waals surface area contributed by atoms with Crippen molar-refractivity contribution in [3.8, 4) is 0 Å². The summed E-state index contributed by atoms with van der Waals surface area (Å²) in [7, 11) is -3.50. The molecule has 1 heterocycles. The van der Waals surface area contributed by atoms with Crippen LogP contribution in [0.5, 0.6) is 0 Å². The smallest absolute Gasteiger partial charge is 0.225 e. The number of benzene rings is 2. The Bertz CT molecular complexity index is 1100. The molecule has 146 valence electrons. The molecule has 3 aromatic rings. The van der Waals surface area contributed by atoms with E-state index in [-0.39, 0.29) is 22.9 Å². The maximum atomic E-state index is 13.9. The number of rotatable bonds is 7. The first-order valence-corrected chi connectivity index (χ1v) is 10.2. The molecule has 0 atom stereocenters. The van der Waals surface area contributed by atoms with E-state index in [4.69, 9.17) is 0 Å². The Morgan fingerprint density at radius 1 is 1.11 bits per heavy atom. The van der Waals surface area contributed by atoms with Crippen molar-refractivity contribution in [3.05, 3.63) is 71.1 Å². The summed E-state index contributed by atoms with van der Waals surface area (Å²) in [5, 5.41) is 11.4. The lowest BCUT2D eigenvalue weighted by Gasteiger charge is -2.08. The normalized spacial score (nSPS) is 14.4. The van der Waals surface area contributed by atoms with Crippen molar-refractivity contribution >= 4 is 10.0 Å². The standard InChI is InChI=1S/C18H17F2N5O2S/c19-14-4-3-13(17(20)10-14)9-18-21-23-24-25(18)11-12-1-7-16(8-2-12)28(26,27)22-15-5-6-15/h1-4,7-8,10,15,22H,5-6,9,11H2. The number of aromatic nitrogens is 4. The molecule has 0 radical (unpaired) electrons. The van der Waals surface area contributed by atoms with Gasteiger partial charge in [-0.1, -0.05) is 18.2 Å². The van der Waals surface area contributed by atoms with Gasteiger partial charge in [0.2, 0.25) is 10.0 Å². The summed E-state index contributed by atoms with van der Waals surface area (Å²) in [4.78, 5) is 0.202. The van der Waals surface area contributed by atoms with Crippen LogP contribution in [-0.4, -0.2) is 34.7 Å². The fourth-order valence-electron chi connectivity index (χ4n) is 2.74. The fourth-order valence-corrected chi connectivity index (χ4v) is 4.05. The Hall–Kier alpha value is -2.72. The highest BCUT2D eigenvalue weighted by Crippen LogP contribution is 2.22. The van der Waals surface area contributed by atoms with E-state index in [0.29, 0.717) is 12.4 Å². The fraction of sp³-hybridized carbons (Fsp3) is 0.278. The molecule has 1 aromatic heterocycles. The topological polar surface area (TPSA) is 89.8 Å². The minimum Gasteiger partial charge on any atom is -0.225 e. The van der Waals surface area contributed by atoms with Crippen molar-refractivity contribution in [1.82, 2.24) is 24.9 Å². The van der Waals surface area contributed by atoms with Gasteiger partial charge in [-0.3, -0.25) is 0 Å². The summed E-state index contributed by atoms with van der Waals surface area (Å²) in [6.07, 6.45) is 1.85. The van der Waals surface area contributed by atoms with Crippen LogP contribution in [0.4, 0.5) is 8.78 Å². The van der Waals surface area contributed by atoms with Gasteiger partial charge in [0, 0.05) is 18.5 Å². The molecule has 0 aliphatic heterocycles. The molecule has 1 aliphatic carbocycles. The van der Waals surface area contributed by atoms with E-state index < -0.39 is 21.7 Å². The van der Waals surface area contributed by atoms with E-state index in [9.17, 15) is 17.2 Å². The monoisotopic (exact) mass is 405 g/mol. The average Bonchev–Trinajstić information content (AvgIpc) is 3.35. The molecule has 1 saturated carbocycles. The van der Waals surface area contributed by atoms with E-state index in [0.717, 1.165) is 24.5 Å². The molecule has 0 saturated heterocycles. The molecule has 1 fully saturated rings. The van der Waals surface area contributed by atoms with E-state index in [2.05, 4.69) is 20.2 Å². The van der Waals surface area contributed by atoms with Gasteiger partial charge in [0.25, 0.3) is 0 Å². The number of tetrazole rings is 1. The second-order valence-corrected chi connectivity index (χ2v) is 8.42. The van der Waals surface area contributed by atoms with Gasteiger partial charge in [-0.25, -0.2) is 26.6 Å². The molecular weight excluding hydrogens is 388 g/mol. The summed E-state index contributed by atoms with van der Waals surface area (Å²) in [5.74, 6) is -0.892. The molecule has 0 spiro atoms. The Labute approximate surface area is 160 Å². The number of hydrogen-bond donors (Lipinski definition) is 1. The quantitative estimate of drug-likeness (QED) is 0.650. The highest BCUT2D eigenvalue weighted by atomic mass is 32.2. The molecule has 2 aromatic carbocycles. The zero-order valence-corrected chi connectivity index (χ0v) is 15.5. The van der Waals surface area contributed by atoms with Gasteiger partial charge in [-0.15, -0.1) is 5.10 Å². The van der Waals surface area contributed by atoms with Crippen molar-refractivity contribution in [2.45, 2.75) is 36.7 Å². The van der Waals surface area contributed by atoms with Crippen LogP contribution >= 0.6 is 0 Å². The van der Waals surface area contributed by atoms with Crippen LogP contribution in [0, 0.1) is 11.6 Å². The summed E-state index contributed by atoms with van der Waals surface area (Å²) < 4.78 is 55.5. The zero-order chi connectivity index (χ0) is 19.7. The Kier molecular flexibility index (Phi) is 4.90. The summed E-state index contributed by atoms with van der Waals surface area (Å²) in [5.41, 5.74) is 1.07. The molecule has 0 bridgehead atoms. The van der Waals surface area contributed by atoms with Gasteiger partial charge >= 0.3 is 0 Å². The van der Waals surface area contributed by atoms with Crippen LogP contribution < -0.4 is 4.72 Å². The first kappa shape index (κ1) is 18.6. The number of halogens is 2. The second-order valence-electron chi connectivity index (χ2n) is 6.70. The van der Waals surface area contributed by atoms with Crippen molar-refractivity contribution in [2.24, 2.45) is 0 Å². The Morgan fingerprint density at radius 3 is 2.54 bits per heavy atom. The number of hydrogen-bond acceptors (Lipinski definition) is 5.